The van der Waals surface area contributed by atoms with Gasteiger partial charge in [-0.25, -0.2) is 14.5 Å². The zero-order valence-electron chi connectivity index (χ0n) is 22.4. The molecule has 1 aliphatic rings. The van der Waals surface area contributed by atoms with E-state index in [1.807, 2.05) is 17.0 Å². The molecule has 0 aliphatic carbocycles. The van der Waals surface area contributed by atoms with Crippen LogP contribution in [0.15, 0.2) is 66.9 Å². The highest BCUT2D eigenvalue weighted by atomic mass is 35.5. The number of alkyl halides is 3. The summed E-state index contributed by atoms with van der Waals surface area (Å²) in [5.74, 6) is -1.07. The molecule has 218 valence electrons. The number of hydrogen-bond acceptors (Lipinski definition) is 5. The Morgan fingerprint density at radius 3 is 2.43 bits per heavy atom. The molecule has 2 aromatic heterocycles. The number of halogens is 4. The number of rotatable bonds is 7. The number of carbonyl (C=O) groups excluding carboxylic acids is 1. The summed E-state index contributed by atoms with van der Waals surface area (Å²) in [5, 5.41) is 13.3. The summed E-state index contributed by atoms with van der Waals surface area (Å²) in [5.41, 5.74) is 0.410. The second kappa shape index (κ2) is 11.8. The number of carboxylic acid groups (broad SMARTS) is 1. The molecule has 0 atom stereocenters. The number of benzene rings is 2. The molecule has 42 heavy (non-hydrogen) atoms. The van der Waals surface area contributed by atoms with E-state index in [0.29, 0.717) is 33.1 Å². The van der Waals surface area contributed by atoms with Gasteiger partial charge in [0.25, 0.3) is 0 Å². The molecule has 1 saturated heterocycles. The highest BCUT2D eigenvalue weighted by Crippen LogP contribution is 2.36. The van der Waals surface area contributed by atoms with Gasteiger partial charge in [0.05, 0.1) is 11.9 Å². The molecular weight excluding hydrogens is 573 g/mol. The molecule has 0 saturated carbocycles. The third-order valence-electron chi connectivity index (χ3n) is 7.22. The molecular formula is C30H26ClF3N4O4. The number of pyridine rings is 1. The van der Waals surface area contributed by atoms with Gasteiger partial charge in [-0.15, -0.1) is 0 Å². The van der Waals surface area contributed by atoms with Crippen LogP contribution in [-0.4, -0.2) is 49.7 Å². The van der Waals surface area contributed by atoms with E-state index >= 15 is 0 Å². The van der Waals surface area contributed by atoms with Crippen LogP contribution in [0, 0.1) is 0 Å². The zero-order valence-corrected chi connectivity index (χ0v) is 23.2. The van der Waals surface area contributed by atoms with Crippen LogP contribution >= 0.6 is 11.6 Å². The minimum atomic E-state index is -4.98. The fourth-order valence-corrected chi connectivity index (χ4v) is 5.22. The lowest BCUT2D eigenvalue weighted by Gasteiger charge is -2.31. The summed E-state index contributed by atoms with van der Waals surface area (Å²) >= 11 is 6.24. The van der Waals surface area contributed by atoms with Crippen molar-refractivity contribution in [2.24, 2.45) is 0 Å². The lowest BCUT2D eigenvalue weighted by molar-refractivity contribution is -0.143. The quantitative estimate of drug-likeness (QED) is 0.257. The number of aromatic carboxylic acids is 1. The van der Waals surface area contributed by atoms with Gasteiger partial charge in [-0.2, -0.15) is 18.3 Å². The van der Waals surface area contributed by atoms with Gasteiger partial charge < -0.3 is 14.7 Å². The van der Waals surface area contributed by atoms with E-state index in [1.54, 1.807) is 31.2 Å². The van der Waals surface area contributed by atoms with Crippen molar-refractivity contribution >= 4 is 23.5 Å². The van der Waals surface area contributed by atoms with E-state index in [2.05, 4.69) is 22.2 Å². The Labute approximate surface area is 244 Å². The normalized spacial score (nSPS) is 14.2. The number of carboxylic acids is 1. The maximum atomic E-state index is 13.8. The van der Waals surface area contributed by atoms with Crippen LogP contribution in [0.3, 0.4) is 0 Å². The monoisotopic (exact) mass is 598 g/mol. The molecule has 0 bridgehead atoms. The van der Waals surface area contributed by atoms with Crippen LogP contribution in [0.2, 0.25) is 5.02 Å². The predicted octanol–water partition coefficient (Wildman–Crippen LogP) is 6.61. The van der Waals surface area contributed by atoms with E-state index in [9.17, 15) is 27.9 Å². The summed E-state index contributed by atoms with van der Waals surface area (Å²) in [6, 6.07) is 17.4. The van der Waals surface area contributed by atoms with Crippen LogP contribution in [-0.2, 0) is 17.6 Å². The molecule has 0 radical (unpaired) electrons. The predicted molar refractivity (Wildman–Crippen MR) is 149 cm³/mol. The molecule has 4 aromatic rings. The van der Waals surface area contributed by atoms with Crippen LogP contribution in [0.4, 0.5) is 13.2 Å². The highest BCUT2D eigenvalue weighted by molar-refractivity contribution is 6.31. The van der Waals surface area contributed by atoms with Gasteiger partial charge in [0.2, 0.25) is 5.91 Å². The van der Waals surface area contributed by atoms with Crippen LogP contribution in [0.5, 0.6) is 5.75 Å². The number of piperidine rings is 1. The van der Waals surface area contributed by atoms with Crippen molar-refractivity contribution in [3.05, 3.63) is 94.3 Å². The number of carbonyl (C=O) groups is 2. The van der Waals surface area contributed by atoms with Crippen molar-refractivity contribution in [2.45, 2.75) is 38.5 Å². The molecule has 2 aromatic carbocycles. The molecule has 5 rings (SSSR count). The van der Waals surface area contributed by atoms with Crippen molar-refractivity contribution in [2.75, 3.05) is 13.1 Å². The molecule has 1 amide bonds. The van der Waals surface area contributed by atoms with Gasteiger partial charge in [0.1, 0.15) is 17.9 Å². The number of hydrogen-bond donors (Lipinski definition) is 1. The summed E-state index contributed by atoms with van der Waals surface area (Å²) in [4.78, 5) is 29.2. The maximum absolute atomic E-state index is 13.8. The molecule has 0 unspecified atom stereocenters. The van der Waals surface area contributed by atoms with Gasteiger partial charge >= 0.3 is 12.1 Å². The van der Waals surface area contributed by atoms with E-state index < -0.39 is 23.4 Å². The Bertz CT molecular complexity index is 1610. The molecule has 1 N–H and O–H groups in total. The van der Waals surface area contributed by atoms with Crippen molar-refractivity contribution in [3.63, 3.8) is 0 Å². The fourth-order valence-electron chi connectivity index (χ4n) is 5.05. The first-order valence-corrected chi connectivity index (χ1v) is 13.5. The third kappa shape index (κ3) is 6.25. The summed E-state index contributed by atoms with van der Waals surface area (Å²) in [7, 11) is 0. The third-order valence-corrected chi connectivity index (χ3v) is 7.46. The average molecular weight is 599 g/mol. The maximum Gasteiger partial charge on any atom is 0.434 e. The van der Waals surface area contributed by atoms with Gasteiger partial charge in [-0.05, 0) is 60.2 Å². The molecule has 3 heterocycles. The number of nitrogens with zero attached hydrogens (tertiary/aromatic N) is 4. The molecule has 1 aliphatic heterocycles. The topological polar surface area (TPSA) is 97.6 Å². The Morgan fingerprint density at radius 1 is 1.07 bits per heavy atom. The van der Waals surface area contributed by atoms with Crippen LogP contribution in [0.1, 0.15) is 52.9 Å². The molecule has 0 spiro atoms. The van der Waals surface area contributed by atoms with Crippen molar-refractivity contribution in [3.8, 4) is 22.8 Å². The van der Waals surface area contributed by atoms with Gasteiger partial charge in [0, 0.05) is 30.6 Å². The smallest absolute Gasteiger partial charge is 0.434 e. The van der Waals surface area contributed by atoms with Crippen molar-refractivity contribution < 1.29 is 32.6 Å². The molecule has 12 heteroatoms. The number of aromatic nitrogens is 3. The Balaban J connectivity index is 1.36. The van der Waals surface area contributed by atoms with Crippen LogP contribution in [0.25, 0.3) is 17.1 Å². The van der Waals surface area contributed by atoms with Crippen LogP contribution < -0.4 is 4.74 Å². The zero-order chi connectivity index (χ0) is 30.0. The van der Waals surface area contributed by atoms with Crippen molar-refractivity contribution in [1.82, 2.24) is 19.7 Å². The second-order valence-corrected chi connectivity index (χ2v) is 10.4. The largest absolute Gasteiger partial charge is 0.488 e. The number of amides is 1. The Hall–Kier alpha value is -4.38. The standard InChI is InChI=1S/C30H26ClF3N4O4/c1-18(39)37-13-11-21(12-14-37)20-7-5-19(6-8-20)17-42-26-10-9-22(31)15-23(26)25-3-2-4-27(36-25)38-28(30(32,33)34)24(16-35-38)29(40)41/h2-10,15-16,21H,11-14,17H2,1H3,(H,40,41). The first-order valence-electron chi connectivity index (χ1n) is 13.1. The first kappa shape index (κ1) is 29.1. The van der Waals surface area contributed by atoms with E-state index in [4.69, 9.17) is 16.3 Å². The number of likely N-dealkylation sites (tertiary alicyclic amines) is 1. The second-order valence-electron chi connectivity index (χ2n) is 9.95. The Morgan fingerprint density at radius 2 is 1.79 bits per heavy atom. The summed E-state index contributed by atoms with van der Waals surface area (Å²) in [6.07, 6.45) is -2.51. The SMILES string of the molecule is CC(=O)N1CCC(c2ccc(COc3ccc(Cl)cc3-c3cccc(-n4ncc(C(=O)O)c4C(F)(F)F)n3)cc2)CC1. The highest BCUT2D eigenvalue weighted by Gasteiger charge is 2.41. The van der Waals surface area contributed by atoms with Crippen molar-refractivity contribution in [1.29, 1.82) is 0 Å². The van der Waals surface area contributed by atoms with Gasteiger partial charge in [0.15, 0.2) is 11.5 Å². The lowest BCUT2D eigenvalue weighted by atomic mass is 9.89. The summed E-state index contributed by atoms with van der Waals surface area (Å²) in [6.45, 7) is 3.31. The Kier molecular flexibility index (Phi) is 8.22. The molecule has 8 nitrogen and oxygen atoms in total. The summed E-state index contributed by atoms with van der Waals surface area (Å²) < 4.78 is 47.8. The lowest BCUT2D eigenvalue weighted by Crippen LogP contribution is -2.36. The average Bonchev–Trinajstić information content (AvgIpc) is 3.44. The fraction of sp³-hybridized carbons (Fsp3) is 0.267. The first-order chi connectivity index (χ1) is 20.0. The number of ether oxygens (including phenoxy) is 1. The minimum absolute atomic E-state index is 0.101. The molecule has 1 fully saturated rings. The van der Waals surface area contributed by atoms with Gasteiger partial charge in [-0.1, -0.05) is 41.9 Å². The van der Waals surface area contributed by atoms with E-state index in [1.165, 1.54) is 17.7 Å². The minimum Gasteiger partial charge on any atom is -0.488 e. The van der Waals surface area contributed by atoms with Gasteiger partial charge in [-0.3, -0.25) is 4.79 Å². The van der Waals surface area contributed by atoms with E-state index in [0.717, 1.165) is 31.5 Å². The van der Waals surface area contributed by atoms with E-state index in [-0.39, 0.29) is 24.0 Å².